The van der Waals surface area contributed by atoms with Crippen molar-refractivity contribution < 1.29 is 54.5 Å². The summed E-state index contributed by atoms with van der Waals surface area (Å²) in [4.78, 5) is 0. The summed E-state index contributed by atoms with van der Waals surface area (Å²) in [7, 11) is 0. The van der Waals surface area contributed by atoms with E-state index in [0.29, 0.717) is 0 Å². The molecule has 0 aromatic heterocycles. The second-order valence-corrected chi connectivity index (χ2v) is 4.07. The molecule has 0 radical (unpaired) electrons. The van der Waals surface area contributed by atoms with Gasteiger partial charge in [-0.25, -0.2) is 5.26 Å². The molecule has 0 atom stereocenters. The van der Waals surface area contributed by atoms with Gasteiger partial charge in [0.2, 0.25) is 0 Å². The minimum Gasteiger partial charge on any atom is -0.316 e. The molecule has 0 bridgehead atoms. The molecule has 0 heterocycles. The minimum atomic E-state index is -6.57. The lowest BCUT2D eigenvalue weighted by molar-refractivity contribution is -0.438. The molecule has 4 nitrogen and oxygen atoms in total. The number of hydrogen-bond acceptors (Lipinski definition) is 5. The minimum absolute atomic E-state index is 0.246. The summed E-state index contributed by atoms with van der Waals surface area (Å²) in [6.07, 6.45) is -6.10. The van der Waals surface area contributed by atoms with Crippen LogP contribution in [0.1, 0.15) is 13.3 Å². The molecule has 0 aliphatic carbocycles. The van der Waals surface area contributed by atoms with E-state index in [1.807, 2.05) is 0 Å². The van der Waals surface area contributed by atoms with Crippen molar-refractivity contribution in [3.05, 3.63) is 0 Å². The lowest BCUT2D eigenvalue weighted by Crippen LogP contribution is -2.62. The lowest BCUT2D eigenvalue weighted by Gasteiger charge is -2.34. The van der Waals surface area contributed by atoms with Gasteiger partial charge in [0.1, 0.15) is 12.0 Å². The summed E-state index contributed by atoms with van der Waals surface area (Å²) in [5, 5.41) is 4.17. The van der Waals surface area contributed by atoms with E-state index in [9.17, 15) is 35.1 Å². The zero-order valence-electron chi connectivity index (χ0n) is 9.52. The van der Waals surface area contributed by atoms with Gasteiger partial charge in [-0.15, -0.1) is 4.33 Å². The van der Waals surface area contributed by atoms with Crippen molar-refractivity contribution in [2.45, 2.75) is 36.6 Å². The third kappa shape index (κ3) is 3.63. The van der Waals surface area contributed by atoms with Crippen LogP contribution in [0.3, 0.4) is 0 Å². The van der Waals surface area contributed by atoms with Crippen LogP contribution < -0.4 is 0 Å². The summed E-state index contributed by atoms with van der Waals surface area (Å²) >= 11 is -1.77. The van der Waals surface area contributed by atoms with E-state index in [1.54, 1.807) is 0 Å². The second kappa shape index (κ2) is 6.60. The molecule has 0 spiro atoms. The Morgan fingerprint density at radius 1 is 0.950 bits per heavy atom. The van der Waals surface area contributed by atoms with Crippen molar-refractivity contribution in [2.75, 3.05) is 6.61 Å². The van der Waals surface area contributed by atoms with Crippen LogP contribution in [0.2, 0.25) is 0 Å². The molecular formula is C7H8F8O4S. The first-order chi connectivity index (χ1) is 8.87. The van der Waals surface area contributed by atoms with Gasteiger partial charge in [-0.2, -0.15) is 35.1 Å². The van der Waals surface area contributed by atoms with Gasteiger partial charge in [-0.1, -0.05) is 12.0 Å². The topological polar surface area (TPSA) is 47.9 Å². The Bertz CT molecular complexity index is 283. The molecule has 0 aromatic rings. The van der Waals surface area contributed by atoms with Gasteiger partial charge >= 0.3 is 23.2 Å². The number of halogens is 8. The van der Waals surface area contributed by atoms with Gasteiger partial charge in [-0.3, -0.25) is 0 Å². The first-order valence-electron chi connectivity index (χ1n) is 4.68. The Balaban J connectivity index is 5.32. The van der Waals surface area contributed by atoms with Crippen LogP contribution in [0.5, 0.6) is 0 Å². The Morgan fingerprint density at radius 2 is 1.45 bits per heavy atom. The highest BCUT2D eigenvalue weighted by atomic mass is 32.2. The van der Waals surface area contributed by atoms with Gasteiger partial charge in [0.25, 0.3) is 0 Å². The maximum absolute atomic E-state index is 12.9. The molecule has 0 amide bonds. The van der Waals surface area contributed by atoms with Crippen LogP contribution in [0.4, 0.5) is 35.1 Å². The van der Waals surface area contributed by atoms with Crippen LogP contribution in [0, 0.1) is 0 Å². The molecule has 0 fully saturated rings. The fraction of sp³-hybridized carbons (Fsp3) is 1.00. The fourth-order valence-electron chi connectivity index (χ4n) is 0.797. The van der Waals surface area contributed by atoms with Crippen LogP contribution in [-0.4, -0.2) is 35.1 Å². The molecule has 0 saturated heterocycles. The molecule has 13 heteroatoms. The third-order valence-electron chi connectivity index (χ3n) is 1.78. The van der Waals surface area contributed by atoms with Crippen molar-refractivity contribution in [2.24, 2.45) is 0 Å². The van der Waals surface area contributed by atoms with Crippen molar-refractivity contribution in [1.82, 2.24) is 0 Å². The van der Waals surface area contributed by atoms with Gasteiger partial charge in [0.15, 0.2) is 0 Å². The highest BCUT2D eigenvalue weighted by Crippen LogP contribution is 2.56. The van der Waals surface area contributed by atoms with E-state index in [0.717, 1.165) is 0 Å². The van der Waals surface area contributed by atoms with E-state index < -0.39 is 41.9 Å². The molecule has 20 heavy (non-hydrogen) atoms. The van der Waals surface area contributed by atoms with Gasteiger partial charge in [0.05, 0.1) is 6.61 Å². The monoisotopic (exact) mass is 340 g/mol. The average Bonchev–Trinajstić information content (AvgIpc) is 2.33. The third-order valence-corrected chi connectivity index (χ3v) is 2.38. The molecule has 0 aromatic carbocycles. The zero-order chi connectivity index (χ0) is 16.2. The maximum atomic E-state index is 12.9. The highest BCUT2D eigenvalue weighted by molar-refractivity contribution is 7.95. The quantitative estimate of drug-likeness (QED) is 0.298. The first kappa shape index (κ1) is 19.6. The summed E-state index contributed by atoms with van der Waals surface area (Å²) in [6, 6.07) is 0. The van der Waals surface area contributed by atoms with Crippen molar-refractivity contribution >= 4 is 12.0 Å². The van der Waals surface area contributed by atoms with E-state index in [4.69, 9.17) is 5.26 Å². The fourth-order valence-corrected chi connectivity index (χ4v) is 1.15. The van der Waals surface area contributed by atoms with Crippen LogP contribution >= 0.6 is 12.0 Å². The predicted octanol–water partition coefficient (Wildman–Crippen LogP) is 3.94. The number of hydrogen-bond donors (Lipinski definition) is 1. The summed E-state index contributed by atoms with van der Waals surface area (Å²) < 4.78 is 109. The second-order valence-electron chi connectivity index (χ2n) is 3.26. The number of ether oxygens (including phenoxy) is 1. The Kier molecular flexibility index (Phi) is 6.47. The van der Waals surface area contributed by atoms with Crippen LogP contribution in [0.25, 0.3) is 0 Å². The maximum Gasteiger partial charge on any atom is 0.426 e. The summed E-state index contributed by atoms with van der Waals surface area (Å²) in [5.41, 5.74) is 0. The summed E-state index contributed by atoms with van der Waals surface area (Å²) in [5.74, 6) is -13.1. The van der Waals surface area contributed by atoms with Crippen LogP contribution in [0.15, 0.2) is 0 Å². The highest BCUT2D eigenvalue weighted by Gasteiger charge is 2.82. The van der Waals surface area contributed by atoms with Gasteiger partial charge < -0.3 is 4.74 Å². The van der Waals surface area contributed by atoms with E-state index in [-0.39, 0.29) is 6.42 Å². The molecule has 0 unspecified atom stereocenters. The predicted molar refractivity (Wildman–Crippen MR) is 48.4 cm³/mol. The summed E-state index contributed by atoms with van der Waals surface area (Å²) in [6.45, 7) is 0.136. The normalized spacial score (nSPS) is 14.7. The standard InChI is InChI=1S/C7H8F8O4S/c1-2-3-17-6(12,13)4(8,9)5(10,11)7(14,15)20-19-18-16/h16H,2-3H2,1H3. The van der Waals surface area contributed by atoms with Crippen molar-refractivity contribution in [3.8, 4) is 0 Å². The van der Waals surface area contributed by atoms with Crippen LogP contribution in [-0.2, 0) is 14.1 Å². The zero-order valence-corrected chi connectivity index (χ0v) is 10.3. The molecule has 0 aliphatic heterocycles. The van der Waals surface area contributed by atoms with Gasteiger partial charge in [0, 0.05) is 0 Å². The molecule has 122 valence electrons. The first-order valence-corrected chi connectivity index (χ1v) is 5.42. The Morgan fingerprint density at radius 3 is 1.85 bits per heavy atom. The number of alkyl halides is 8. The van der Waals surface area contributed by atoms with Crippen molar-refractivity contribution in [1.29, 1.82) is 0 Å². The molecular weight excluding hydrogens is 332 g/mol. The number of rotatable bonds is 9. The van der Waals surface area contributed by atoms with E-state index >= 15 is 0 Å². The largest absolute Gasteiger partial charge is 0.426 e. The molecule has 1 N–H and O–H groups in total. The Labute approximate surface area is 111 Å². The van der Waals surface area contributed by atoms with Crippen molar-refractivity contribution in [3.63, 3.8) is 0 Å². The molecule has 0 rings (SSSR count). The van der Waals surface area contributed by atoms with Gasteiger partial charge in [-0.05, 0) is 6.42 Å². The molecule has 0 saturated carbocycles. The van der Waals surface area contributed by atoms with E-state index in [2.05, 4.69) is 14.1 Å². The smallest absolute Gasteiger partial charge is 0.316 e. The lowest BCUT2D eigenvalue weighted by atomic mass is 10.1. The molecule has 0 aliphatic rings. The average molecular weight is 340 g/mol. The SMILES string of the molecule is CCCOC(F)(F)C(F)(F)C(F)(F)C(F)(F)SOOO. The van der Waals surface area contributed by atoms with E-state index in [1.165, 1.54) is 6.92 Å². The Hall–Kier alpha value is -0.370.